The standard InChI is InChI=1S/C16H20N4O4S2/c17-16(21)19-13-3-1-11(2-4-13)14-9-18-15(25-14)12-5-7-20(8-6-12)10-24-26(22)23/h1-4,9,12H,5-8,10H2,(H,22,23)(H3,17,19,21). The van der Waals surface area contributed by atoms with E-state index in [2.05, 4.69) is 10.3 Å². The Morgan fingerprint density at radius 2 is 2.08 bits per heavy atom. The van der Waals surface area contributed by atoms with E-state index >= 15 is 0 Å². The molecule has 0 aliphatic carbocycles. The number of hydrogen-bond acceptors (Lipinski definition) is 6. The van der Waals surface area contributed by atoms with Gasteiger partial charge in [-0.15, -0.1) is 11.3 Å². The van der Waals surface area contributed by atoms with Crippen molar-refractivity contribution >= 4 is 34.4 Å². The van der Waals surface area contributed by atoms with Gasteiger partial charge in [0.1, 0.15) is 6.73 Å². The Bertz CT molecular complexity index is 773. The van der Waals surface area contributed by atoms with Crippen molar-refractivity contribution in [1.29, 1.82) is 0 Å². The van der Waals surface area contributed by atoms with Gasteiger partial charge in [0.05, 0.1) is 9.88 Å². The van der Waals surface area contributed by atoms with Gasteiger partial charge in [-0.05, 0) is 30.5 Å². The minimum Gasteiger partial charge on any atom is -0.351 e. The van der Waals surface area contributed by atoms with Gasteiger partial charge >= 0.3 is 17.4 Å². The van der Waals surface area contributed by atoms with E-state index in [1.54, 1.807) is 11.3 Å². The lowest BCUT2D eigenvalue weighted by molar-refractivity contribution is 0.103. The number of urea groups is 1. The fourth-order valence-corrected chi connectivity index (χ4v) is 4.23. The minimum absolute atomic E-state index is 0.171. The molecule has 2 heterocycles. The van der Waals surface area contributed by atoms with Crippen molar-refractivity contribution in [3.8, 4) is 10.4 Å². The molecule has 1 fully saturated rings. The van der Waals surface area contributed by atoms with Gasteiger partial charge in [0.2, 0.25) is 0 Å². The quantitative estimate of drug-likeness (QED) is 0.646. The molecule has 1 saturated heterocycles. The van der Waals surface area contributed by atoms with Crippen LogP contribution in [0.25, 0.3) is 10.4 Å². The molecule has 0 radical (unpaired) electrons. The molecule has 1 atom stereocenters. The van der Waals surface area contributed by atoms with Crippen molar-refractivity contribution < 1.29 is 17.7 Å². The smallest absolute Gasteiger partial charge is 0.316 e. The van der Waals surface area contributed by atoms with Crippen molar-refractivity contribution in [1.82, 2.24) is 9.88 Å². The molecule has 4 N–H and O–H groups in total. The molecule has 0 bridgehead atoms. The fraction of sp³-hybridized carbons (Fsp3) is 0.375. The molecule has 0 spiro atoms. The predicted octanol–water partition coefficient (Wildman–Crippen LogP) is 2.59. The molecule has 8 nitrogen and oxygen atoms in total. The lowest BCUT2D eigenvalue weighted by Gasteiger charge is -2.29. The highest BCUT2D eigenvalue weighted by Gasteiger charge is 2.23. The molecule has 2 aromatic rings. The zero-order valence-corrected chi connectivity index (χ0v) is 15.6. The zero-order chi connectivity index (χ0) is 18.5. The van der Waals surface area contributed by atoms with E-state index in [4.69, 9.17) is 14.5 Å². The number of hydrogen-bond donors (Lipinski definition) is 3. The third kappa shape index (κ3) is 5.08. The summed E-state index contributed by atoms with van der Waals surface area (Å²) >= 11 is -0.547. The topological polar surface area (TPSA) is 118 Å². The Balaban J connectivity index is 1.58. The highest BCUT2D eigenvalue weighted by molar-refractivity contribution is 7.74. The van der Waals surface area contributed by atoms with Crippen molar-refractivity contribution in [2.24, 2.45) is 5.73 Å². The molecule has 1 aliphatic heterocycles. The summed E-state index contributed by atoms with van der Waals surface area (Å²) in [6.45, 7) is 1.79. The number of carbonyl (C=O) groups is 1. The maximum absolute atomic E-state index is 10.9. The molecule has 140 valence electrons. The lowest BCUT2D eigenvalue weighted by Crippen LogP contribution is -2.34. The first-order valence-corrected chi connectivity index (χ1v) is 9.95. The number of likely N-dealkylation sites (tertiary alicyclic amines) is 1. The van der Waals surface area contributed by atoms with Crippen LogP contribution in [0.3, 0.4) is 0 Å². The molecule has 0 saturated carbocycles. The lowest BCUT2D eigenvalue weighted by atomic mass is 9.98. The predicted molar refractivity (Wildman–Crippen MR) is 101 cm³/mol. The second kappa shape index (κ2) is 8.69. The number of aromatic nitrogens is 1. The van der Waals surface area contributed by atoms with Crippen LogP contribution in [-0.4, -0.2) is 44.5 Å². The van der Waals surface area contributed by atoms with E-state index in [0.29, 0.717) is 11.6 Å². The van der Waals surface area contributed by atoms with Crippen molar-refractivity contribution in [3.63, 3.8) is 0 Å². The summed E-state index contributed by atoms with van der Waals surface area (Å²) in [6, 6.07) is 6.89. The van der Waals surface area contributed by atoms with E-state index in [-0.39, 0.29) is 6.73 Å². The fourth-order valence-electron chi connectivity index (χ4n) is 2.90. The maximum Gasteiger partial charge on any atom is 0.316 e. The molecule has 1 aromatic carbocycles. The Hall–Kier alpha value is -1.85. The number of anilines is 1. The van der Waals surface area contributed by atoms with Gasteiger partial charge in [0, 0.05) is 30.9 Å². The molecule has 10 heteroatoms. The van der Waals surface area contributed by atoms with E-state index in [9.17, 15) is 9.00 Å². The van der Waals surface area contributed by atoms with Crippen LogP contribution < -0.4 is 11.1 Å². The van der Waals surface area contributed by atoms with E-state index in [0.717, 1.165) is 41.4 Å². The maximum atomic E-state index is 10.9. The van der Waals surface area contributed by atoms with Gasteiger partial charge in [0.25, 0.3) is 0 Å². The van der Waals surface area contributed by atoms with Crippen molar-refractivity contribution in [3.05, 3.63) is 35.5 Å². The van der Waals surface area contributed by atoms with Crippen LogP contribution in [0.4, 0.5) is 10.5 Å². The van der Waals surface area contributed by atoms with Gasteiger partial charge in [-0.3, -0.25) is 13.6 Å². The molecular weight excluding hydrogens is 376 g/mol. The first-order valence-electron chi connectivity index (χ1n) is 8.10. The average Bonchev–Trinajstić information content (AvgIpc) is 3.10. The Morgan fingerprint density at radius 1 is 1.38 bits per heavy atom. The van der Waals surface area contributed by atoms with E-state index in [1.165, 1.54) is 0 Å². The number of thiazole rings is 1. The van der Waals surface area contributed by atoms with E-state index in [1.807, 2.05) is 35.4 Å². The van der Waals surface area contributed by atoms with Crippen molar-refractivity contribution in [2.45, 2.75) is 18.8 Å². The van der Waals surface area contributed by atoms with Gasteiger partial charge < -0.3 is 11.1 Å². The summed E-state index contributed by atoms with van der Waals surface area (Å²) in [7, 11) is 0. The van der Waals surface area contributed by atoms with Crippen LogP contribution in [0.5, 0.6) is 0 Å². The molecule has 1 unspecified atom stereocenters. The largest absolute Gasteiger partial charge is 0.351 e. The van der Waals surface area contributed by atoms with Crippen LogP contribution in [0, 0.1) is 0 Å². The molecule has 26 heavy (non-hydrogen) atoms. The normalized spacial score (nSPS) is 17.1. The number of piperidine rings is 1. The van der Waals surface area contributed by atoms with Gasteiger partial charge in [0.15, 0.2) is 0 Å². The van der Waals surface area contributed by atoms with Crippen LogP contribution in [0.2, 0.25) is 0 Å². The number of nitrogens with two attached hydrogens (primary N) is 1. The molecular formula is C16H20N4O4S2. The number of amides is 2. The summed E-state index contributed by atoms with van der Waals surface area (Å²) < 4.78 is 24.0. The van der Waals surface area contributed by atoms with Gasteiger partial charge in [-0.25, -0.2) is 9.78 Å². The van der Waals surface area contributed by atoms with Crippen molar-refractivity contribution in [2.75, 3.05) is 25.1 Å². The summed E-state index contributed by atoms with van der Waals surface area (Å²) in [6.07, 6.45) is 3.76. The highest BCUT2D eigenvalue weighted by Crippen LogP contribution is 2.35. The zero-order valence-electron chi connectivity index (χ0n) is 14.0. The summed E-state index contributed by atoms with van der Waals surface area (Å²) in [5.74, 6) is 0.389. The number of nitrogens with zero attached hydrogens (tertiary/aromatic N) is 2. The second-order valence-corrected chi connectivity index (χ2v) is 7.72. The minimum atomic E-state index is -2.22. The Morgan fingerprint density at radius 3 is 2.69 bits per heavy atom. The molecule has 3 rings (SSSR count). The van der Waals surface area contributed by atoms with Gasteiger partial charge in [-0.1, -0.05) is 12.1 Å². The monoisotopic (exact) mass is 396 g/mol. The molecule has 2 amide bonds. The first kappa shape index (κ1) is 18.9. The van der Waals surface area contributed by atoms with E-state index < -0.39 is 17.4 Å². The third-order valence-corrected chi connectivity index (χ3v) is 5.75. The van der Waals surface area contributed by atoms with Crippen LogP contribution in [0.1, 0.15) is 23.8 Å². The van der Waals surface area contributed by atoms with Crippen LogP contribution >= 0.6 is 11.3 Å². The number of primary amides is 1. The summed E-state index contributed by atoms with van der Waals surface area (Å²) in [5, 5.41) is 3.64. The third-order valence-electron chi connectivity index (χ3n) is 4.23. The number of carbonyl (C=O) groups excluding carboxylic acids is 1. The Kier molecular flexibility index (Phi) is 6.33. The average molecular weight is 396 g/mol. The Labute approximate surface area is 157 Å². The second-order valence-electron chi connectivity index (χ2n) is 5.99. The number of rotatable bonds is 6. The first-order chi connectivity index (χ1) is 12.5. The molecule has 1 aromatic heterocycles. The highest BCUT2D eigenvalue weighted by atomic mass is 32.2. The molecule has 1 aliphatic rings. The summed E-state index contributed by atoms with van der Waals surface area (Å²) in [5.41, 5.74) is 6.80. The number of nitrogens with one attached hydrogen (secondary N) is 1. The summed E-state index contributed by atoms with van der Waals surface area (Å²) in [4.78, 5) is 18.5. The van der Waals surface area contributed by atoms with Gasteiger partial charge in [-0.2, -0.15) is 4.21 Å². The van der Waals surface area contributed by atoms with Crippen LogP contribution in [-0.2, 0) is 15.5 Å². The van der Waals surface area contributed by atoms with Crippen LogP contribution in [0.15, 0.2) is 30.5 Å². The number of benzene rings is 1. The SMILES string of the molecule is NC(=O)Nc1ccc(-c2cnc(C3CCN(COS(=O)O)CC3)s2)cc1.